The van der Waals surface area contributed by atoms with Crippen molar-refractivity contribution >= 4 is 17.3 Å². The normalized spacial score (nSPS) is 26.8. The second-order valence-corrected chi connectivity index (χ2v) is 6.11. The van der Waals surface area contributed by atoms with Crippen LogP contribution < -0.4 is 5.32 Å². The van der Waals surface area contributed by atoms with E-state index >= 15 is 0 Å². The average molecular weight is 290 g/mol. The number of benzene rings is 1. The third kappa shape index (κ3) is 2.70. The lowest BCUT2D eigenvalue weighted by molar-refractivity contribution is -0.384. The summed E-state index contributed by atoms with van der Waals surface area (Å²) >= 11 is 0. The van der Waals surface area contributed by atoms with Gasteiger partial charge in [-0.3, -0.25) is 10.1 Å². The Morgan fingerprint density at radius 3 is 2.76 bits per heavy atom. The van der Waals surface area contributed by atoms with E-state index in [2.05, 4.69) is 5.32 Å². The number of nitro benzene ring substituents is 1. The molecule has 2 fully saturated rings. The Morgan fingerprint density at radius 2 is 2.19 bits per heavy atom. The summed E-state index contributed by atoms with van der Waals surface area (Å²) in [7, 11) is 0. The van der Waals surface area contributed by atoms with Gasteiger partial charge < -0.3 is 10.4 Å². The van der Waals surface area contributed by atoms with Crippen molar-refractivity contribution in [2.75, 3.05) is 11.9 Å². The van der Waals surface area contributed by atoms with Gasteiger partial charge in [0.15, 0.2) is 0 Å². The van der Waals surface area contributed by atoms with E-state index in [1.807, 2.05) is 0 Å². The van der Waals surface area contributed by atoms with Crippen LogP contribution in [0.25, 0.3) is 0 Å². The molecule has 0 aromatic heterocycles. The first-order chi connectivity index (χ1) is 10.0. The van der Waals surface area contributed by atoms with Crippen LogP contribution in [0.3, 0.4) is 0 Å². The molecule has 2 N–H and O–H groups in total. The van der Waals surface area contributed by atoms with Crippen LogP contribution >= 0.6 is 0 Å². The molecule has 0 aliphatic heterocycles. The van der Waals surface area contributed by atoms with E-state index in [0.29, 0.717) is 18.2 Å². The topological polar surface area (TPSA) is 92.5 Å². The zero-order valence-corrected chi connectivity index (χ0v) is 11.6. The van der Waals surface area contributed by atoms with E-state index in [-0.39, 0.29) is 11.3 Å². The number of carbonyl (C=O) groups is 1. The number of hydrogen-bond acceptors (Lipinski definition) is 4. The summed E-state index contributed by atoms with van der Waals surface area (Å²) in [6.07, 6.45) is 5.04. The molecule has 1 aromatic rings. The predicted molar refractivity (Wildman–Crippen MR) is 77.5 cm³/mol. The summed E-state index contributed by atoms with van der Waals surface area (Å²) < 4.78 is 0. The Kier molecular flexibility index (Phi) is 3.53. The molecule has 1 aromatic carbocycles. The minimum absolute atomic E-state index is 0.0658. The highest BCUT2D eigenvalue weighted by molar-refractivity contribution is 5.90. The van der Waals surface area contributed by atoms with Crippen LogP contribution in [0.1, 0.15) is 36.0 Å². The zero-order valence-electron chi connectivity index (χ0n) is 11.6. The van der Waals surface area contributed by atoms with E-state index in [1.165, 1.54) is 43.9 Å². The van der Waals surface area contributed by atoms with Crippen molar-refractivity contribution in [3.8, 4) is 0 Å². The van der Waals surface area contributed by atoms with E-state index in [9.17, 15) is 14.9 Å². The first-order valence-corrected chi connectivity index (χ1v) is 7.30. The highest BCUT2D eigenvalue weighted by Gasteiger charge is 2.39. The number of nitrogens with one attached hydrogen (secondary N) is 1. The molecular weight excluding hydrogens is 272 g/mol. The molecule has 0 spiro atoms. The van der Waals surface area contributed by atoms with Crippen molar-refractivity contribution in [2.45, 2.75) is 25.7 Å². The highest BCUT2D eigenvalue weighted by atomic mass is 16.6. The molecule has 0 radical (unpaired) electrons. The number of fused-ring (bicyclic) bond motifs is 2. The predicted octanol–water partition coefficient (Wildman–Crippen LogP) is 3.14. The number of hydrogen-bond donors (Lipinski definition) is 2. The van der Waals surface area contributed by atoms with Gasteiger partial charge in [0, 0.05) is 12.6 Å². The summed E-state index contributed by atoms with van der Waals surface area (Å²) in [6, 6.07) is 3.88. The fourth-order valence-corrected chi connectivity index (χ4v) is 3.84. The Labute approximate surface area is 122 Å². The van der Waals surface area contributed by atoms with Crippen molar-refractivity contribution in [1.82, 2.24) is 0 Å². The van der Waals surface area contributed by atoms with Crippen LogP contribution in [-0.4, -0.2) is 22.5 Å². The van der Waals surface area contributed by atoms with Crippen LogP contribution in [-0.2, 0) is 0 Å². The highest BCUT2D eigenvalue weighted by Crippen LogP contribution is 2.48. The maximum Gasteiger partial charge on any atom is 0.335 e. The van der Waals surface area contributed by atoms with Gasteiger partial charge in [-0.05, 0) is 49.1 Å². The van der Waals surface area contributed by atoms with Crippen molar-refractivity contribution in [2.24, 2.45) is 17.8 Å². The van der Waals surface area contributed by atoms with E-state index in [0.717, 1.165) is 11.8 Å². The molecule has 0 heterocycles. The van der Waals surface area contributed by atoms with Crippen LogP contribution in [0.5, 0.6) is 0 Å². The molecule has 0 amide bonds. The number of carboxylic acid groups (broad SMARTS) is 1. The molecule has 2 aliphatic carbocycles. The molecule has 6 heteroatoms. The van der Waals surface area contributed by atoms with Crippen LogP contribution in [0.15, 0.2) is 18.2 Å². The Morgan fingerprint density at radius 1 is 1.38 bits per heavy atom. The Bertz CT molecular complexity index is 587. The SMILES string of the molecule is O=C(O)c1ccc([N+](=O)[O-])c(NCC2CC3CCC2C3)c1. The molecule has 21 heavy (non-hydrogen) atoms. The fraction of sp³-hybridized carbons (Fsp3) is 0.533. The molecule has 112 valence electrons. The Balaban J connectivity index is 1.75. The van der Waals surface area contributed by atoms with Gasteiger partial charge in [-0.25, -0.2) is 4.79 Å². The van der Waals surface area contributed by atoms with Gasteiger partial charge in [0.05, 0.1) is 10.5 Å². The molecule has 2 bridgehead atoms. The molecular formula is C15H18N2O4. The van der Waals surface area contributed by atoms with Crippen molar-refractivity contribution < 1.29 is 14.8 Å². The van der Waals surface area contributed by atoms with Crippen LogP contribution in [0, 0.1) is 27.9 Å². The molecule has 2 aliphatic rings. The second kappa shape index (κ2) is 5.35. The van der Waals surface area contributed by atoms with Crippen molar-refractivity contribution in [1.29, 1.82) is 0 Å². The summed E-state index contributed by atoms with van der Waals surface area (Å²) in [5.74, 6) is 1.02. The lowest BCUT2D eigenvalue weighted by Gasteiger charge is -2.22. The van der Waals surface area contributed by atoms with E-state index < -0.39 is 10.9 Å². The van der Waals surface area contributed by atoms with Gasteiger partial charge in [-0.2, -0.15) is 0 Å². The first-order valence-electron chi connectivity index (χ1n) is 7.30. The Hall–Kier alpha value is -2.11. The minimum Gasteiger partial charge on any atom is -0.478 e. The molecule has 3 unspecified atom stereocenters. The summed E-state index contributed by atoms with van der Waals surface area (Å²) in [5, 5.41) is 23.2. The van der Waals surface area contributed by atoms with E-state index in [1.54, 1.807) is 0 Å². The first kappa shape index (κ1) is 13.9. The van der Waals surface area contributed by atoms with E-state index in [4.69, 9.17) is 5.11 Å². The summed E-state index contributed by atoms with van der Waals surface area (Å²) in [4.78, 5) is 21.6. The van der Waals surface area contributed by atoms with Crippen molar-refractivity contribution in [3.63, 3.8) is 0 Å². The quantitative estimate of drug-likeness (QED) is 0.642. The van der Waals surface area contributed by atoms with Crippen molar-refractivity contribution in [3.05, 3.63) is 33.9 Å². The fourth-order valence-electron chi connectivity index (χ4n) is 3.84. The van der Waals surface area contributed by atoms with Gasteiger partial charge in [-0.15, -0.1) is 0 Å². The molecule has 3 rings (SSSR count). The molecule has 2 saturated carbocycles. The third-order valence-corrected chi connectivity index (χ3v) is 4.88. The third-order valence-electron chi connectivity index (χ3n) is 4.88. The minimum atomic E-state index is -1.08. The largest absolute Gasteiger partial charge is 0.478 e. The van der Waals surface area contributed by atoms with Crippen LogP contribution in [0.4, 0.5) is 11.4 Å². The number of anilines is 1. The number of aromatic carboxylic acids is 1. The lowest BCUT2D eigenvalue weighted by Crippen LogP contribution is -2.20. The average Bonchev–Trinajstić information content (AvgIpc) is 3.07. The maximum absolute atomic E-state index is 11.0. The standard InChI is InChI=1S/C15H18N2O4/c18-15(19)11-3-4-14(17(20)21)13(7-11)16-8-12-6-9-1-2-10(12)5-9/h3-4,7,9-10,12,16H,1-2,5-6,8H2,(H,18,19). The van der Waals surface area contributed by atoms with Gasteiger partial charge in [-0.1, -0.05) is 6.42 Å². The second-order valence-electron chi connectivity index (χ2n) is 6.11. The summed E-state index contributed by atoms with van der Waals surface area (Å²) in [6.45, 7) is 0.686. The van der Waals surface area contributed by atoms with Gasteiger partial charge in [0.2, 0.25) is 0 Å². The van der Waals surface area contributed by atoms with Gasteiger partial charge in [0.25, 0.3) is 5.69 Å². The van der Waals surface area contributed by atoms with Gasteiger partial charge >= 0.3 is 5.97 Å². The smallest absolute Gasteiger partial charge is 0.335 e. The molecule has 6 nitrogen and oxygen atoms in total. The molecule has 3 atom stereocenters. The number of nitrogens with zero attached hydrogens (tertiary/aromatic N) is 1. The number of nitro groups is 1. The zero-order chi connectivity index (χ0) is 15.0. The lowest BCUT2D eigenvalue weighted by atomic mass is 9.89. The monoisotopic (exact) mass is 290 g/mol. The number of rotatable bonds is 5. The maximum atomic E-state index is 11.0. The van der Waals surface area contributed by atoms with Gasteiger partial charge in [0.1, 0.15) is 5.69 Å². The number of carboxylic acids is 1. The summed E-state index contributed by atoms with van der Waals surface area (Å²) in [5.41, 5.74) is 0.307. The van der Waals surface area contributed by atoms with Crippen LogP contribution in [0.2, 0.25) is 0 Å². The molecule has 0 saturated heterocycles.